The molecule has 1 aliphatic rings. The van der Waals surface area contributed by atoms with Crippen molar-refractivity contribution in [3.8, 4) is 0 Å². The Balaban J connectivity index is 2.25. The maximum absolute atomic E-state index is 11.5. The Morgan fingerprint density at radius 1 is 1.50 bits per heavy atom. The van der Waals surface area contributed by atoms with Crippen LogP contribution in [0.1, 0.15) is 4.88 Å². The van der Waals surface area contributed by atoms with Gasteiger partial charge < -0.3 is 0 Å². The average Bonchev–Trinajstić information content (AvgIpc) is 2.70. The van der Waals surface area contributed by atoms with Crippen LogP contribution in [0.3, 0.4) is 0 Å². The van der Waals surface area contributed by atoms with Gasteiger partial charge in [-0.1, -0.05) is 6.07 Å². The zero-order valence-electron chi connectivity index (χ0n) is 6.97. The summed E-state index contributed by atoms with van der Waals surface area (Å²) in [4.78, 5) is 4.84. The molecule has 0 aromatic carbocycles. The number of nitrogens with zero attached hydrogens (tertiary/aromatic N) is 1. The molecule has 0 amide bonds. The number of allylic oxidation sites excluding steroid dienone is 1. The first-order valence-electron chi connectivity index (χ1n) is 3.80. The molecule has 2 heterocycles. The molecule has 0 bridgehead atoms. The van der Waals surface area contributed by atoms with Crippen molar-refractivity contribution in [1.29, 1.82) is 0 Å². The predicted molar refractivity (Wildman–Crippen MR) is 58.3 cm³/mol. The second-order valence-corrected chi connectivity index (χ2v) is 6.27. The van der Waals surface area contributed by atoms with Crippen molar-refractivity contribution in [2.45, 2.75) is 6.42 Å². The Hall–Kier alpha value is -0.650. The molecule has 0 fully saturated rings. The van der Waals surface area contributed by atoms with Crippen LogP contribution in [0.5, 0.6) is 0 Å². The third-order valence-electron chi connectivity index (χ3n) is 1.81. The zero-order valence-corrected chi connectivity index (χ0v) is 9.36. The molecule has 0 unspecified atom stereocenters. The summed E-state index contributed by atoms with van der Waals surface area (Å²) in [6.45, 7) is 0. The molecule has 0 radical (unpaired) electrons. The summed E-state index contributed by atoms with van der Waals surface area (Å²) in [6, 6.07) is 3.76. The lowest BCUT2D eigenvalue weighted by Crippen LogP contribution is -2.08. The molecular weight excluding hydrogens is 242 g/mol. The van der Waals surface area contributed by atoms with E-state index >= 15 is 0 Å². The summed E-state index contributed by atoms with van der Waals surface area (Å²) in [6.07, 6.45) is 1.69. The lowest BCUT2D eigenvalue weighted by molar-refractivity contribution is 0.613. The normalized spacial score (nSPS) is 19.2. The number of halogens is 1. The number of hydrogen-bond acceptors (Lipinski definition) is 4. The molecule has 14 heavy (non-hydrogen) atoms. The van der Waals surface area contributed by atoms with Crippen LogP contribution in [-0.2, 0) is 16.3 Å². The van der Waals surface area contributed by atoms with Gasteiger partial charge in [0.2, 0.25) is 14.3 Å². The minimum absolute atomic E-state index is 0.268. The van der Waals surface area contributed by atoms with Gasteiger partial charge in [-0.15, -0.1) is 11.3 Å². The first-order valence-corrected chi connectivity index (χ1v) is 6.54. The summed E-state index contributed by atoms with van der Waals surface area (Å²) in [5, 5.41) is 1.90. The minimum atomic E-state index is -3.46. The van der Waals surface area contributed by atoms with Crippen molar-refractivity contribution < 1.29 is 8.42 Å². The fraction of sp³-hybridized carbons (Fsp3) is 0.125. The van der Waals surface area contributed by atoms with E-state index in [0.717, 1.165) is 4.88 Å². The Morgan fingerprint density at radius 3 is 2.79 bits per heavy atom. The Morgan fingerprint density at radius 2 is 2.29 bits per heavy atom. The molecule has 1 aromatic heterocycles. The molecule has 6 heteroatoms. The monoisotopic (exact) mass is 247 g/mol. The van der Waals surface area contributed by atoms with Gasteiger partial charge in [0.25, 0.3) is 0 Å². The van der Waals surface area contributed by atoms with E-state index in [4.69, 9.17) is 11.6 Å². The maximum Gasteiger partial charge on any atom is 0.232 e. The summed E-state index contributed by atoms with van der Waals surface area (Å²) in [7, 11) is -3.46. The SMILES string of the molecule is O=S1(=O)C(Cc2cccs2)=CN=C1Cl. The molecule has 0 atom stereocenters. The summed E-state index contributed by atoms with van der Waals surface area (Å²) in [5.41, 5.74) is 0. The van der Waals surface area contributed by atoms with E-state index in [2.05, 4.69) is 4.99 Å². The van der Waals surface area contributed by atoms with Crippen molar-refractivity contribution in [2.75, 3.05) is 0 Å². The van der Waals surface area contributed by atoms with Crippen molar-refractivity contribution in [3.05, 3.63) is 33.5 Å². The fourth-order valence-electron chi connectivity index (χ4n) is 1.10. The number of sulfone groups is 1. The third kappa shape index (κ3) is 1.63. The number of thiophene rings is 1. The molecule has 3 nitrogen and oxygen atoms in total. The molecule has 0 saturated heterocycles. The highest BCUT2D eigenvalue weighted by Crippen LogP contribution is 2.24. The Kier molecular flexibility index (Phi) is 2.47. The van der Waals surface area contributed by atoms with Gasteiger partial charge in [0.15, 0.2) is 0 Å². The van der Waals surface area contributed by atoms with E-state index in [0.29, 0.717) is 6.42 Å². The molecule has 74 valence electrons. The van der Waals surface area contributed by atoms with Gasteiger partial charge in [0.1, 0.15) is 0 Å². The molecule has 0 spiro atoms. The molecule has 2 rings (SSSR count). The highest BCUT2D eigenvalue weighted by atomic mass is 35.5. The van der Waals surface area contributed by atoms with Crippen LogP contribution in [0.4, 0.5) is 0 Å². The van der Waals surface area contributed by atoms with E-state index in [1.807, 2.05) is 17.5 Å². The van der Waals surface area contributed by atoms with E-state index in [1.54, 1.807) is 0 Å². The first-order chi connectivity index (χ1) is 6.60. The van der Waals surface area contributed by atoms with Crippen LogP contribution in [-0.4, -0.2) is 12.9 Å². The lowest BCUT2D eigenvalue weighted by Gasteiger charge is -1.98. The van der Waals surface area contributed by atoms with Crippen molar-refractivity contribution >= 4 is 37.3 Å². The molecule has 0 saturated carbocycles. The lowest BCUT2D eigenvalue weighted by atomic mass is 10.3. The molecule has 0 aliphatic carbocycles. The van der Waals surface area contributed by atoms with Crippen molar-refractivity contribution in [3.63, 3.8) is 0 Å². The number of rotatable bonds is 2. The highest BCUT2D eigenvalue weighted by molar-refractivity contribution is 8.12. The fourth-order valence-corrected chi connectivity index (χ4v) is 3.21. The average molecular weight is 248 g/mol. The third-order valence-corrected chi connectivity index (χ3v) is 4.88. The molecule has 1 aromatic rings. The van der Waals surface area contributed by atoms with Crippen LogP contribution >= 0.6 is 22.9 Å². The second kappa shape index (κ2) is 3.49. The van der Waals surface area contributed by atoms with E-state index < -0.39 is 9.84 Å². The summed E-state index contributed by atoms with van der Waals surface area (Å²) < 4.78 is 22.7. The van der Waals surface area contributed by atoms with E-state index in [-0.39, 0.29) is 9.41 Å². The predicted octanol–water partition coefficient (Wildman–Crippen LogP) is 2.16. The first kappa shape index (κ1) is 9.89. The van der Waals surface area contributed by atoms with Crippen LogP contribution in [0, 0.1) is 0 Å². The largest absolute Gasteiger partial charge is 0.232 e. The standard InChI is InChI=1S/C8H6ClNO2S2/c9-8-10-5-7(14(8,11)12)4-6-2-1-3-13-6/h1-3,5H,4H2. The summed E-state index contributed by atoms with van der Waals surface area (Å²) >= 11 is 6.96. The molecule has 0 N–H and O–H groups in total. The van der Waals surface area contributed by atoms with Crippen molar-refractivity contribution in [2.24, 2.45) is 4.99 Å². The van der Waals surface area contributed by atoms with Gasteiger partial charge in [-0.25, -0.2) is 13.4 Å². The van der Waals surface area contributed by atoms with Gasteiger partial charge in [-0.3, -0.25) is 0 Å². The summed E-state index contributed by atoms with van der Waals surface area (Å²) in [5.74, 6) is 0. The van der Waals surface area contributed by atoms with Gasteiger partial charge in [0.05, 0.1) is 4.91 Å². The van der Waals surface area contributed by atoms with E-state index in [1.165, 1.54) is 17.5 Å². The van der Waals surface area contributed by atoms with Crippen LogP contribution in [0.2, 0.25) is 0 Å². The van der Waals surface area contributed by atoms with Gasteiger partial charge in [-0.05, 0) is 23.0 Å². The van der Waals surface area contributed by atoms with Gasteiger partial charge in [-0.2, -0.15) is 0 Å². The number of aliphatic imine (C=N–C) groups is 1. The van der Waals surface area contributed by atoms with Gasteiger partial charge >= 0.3 is 0 Å². The van der Waals surface area contributed by atoms with Gasteiger partial charge in [0, 0.05) is 17.5 Å². The topological polar surface area (TPSA) is 46.5 Å². The van der Waals surface area contributed by atoms with Crippen LogP contribution in [0.25, 0.3) is 0 Å². The van der Waals surface area contributed by atoms with Crippen LogP contribution in [0.15, 0.2) is 33.6 Å². The van der Waals surface area contributed by atoms with Crippen molar-refractivity contribution in [1.82, 2.24) is 0 Å². The van der Waals surface area contributed by atoms with Crippen LogP contribution < -0.4 is 0 Å². The second-order valence-electron chi connectivity index (χ2n) is 2.74. The Bertz CT molecular complexity index is 499. The molecular formula is C8H6ClNO2S2. The quantitative estimate of drug-likeness (QED) is 0.804. The smallest absolute Gasteiger partial charge is 0.232 e. The maximum atomic E-state index is 11.5. The molecule has 1 aliphatic heterocycles. The number of hydrogen-bond donors (Lipinski definition) is 0. The van der Waals surface area contributed by atoms with E-state index in [9.17, 15) is 8.42 Å². The zero-order chi connectivity index (χ0) is 10.2. The highest BCUT2D eigenvalue weighted by Gasteiger charge is 2.28. The Labute approximate surface area is 90.7 Å². The minimum Gasteiger partial charge on any atom is -0.232 e.